The molecule has 1 aromatic heterocycles. The highest BCUT2D eigenvalue weighted by atomic mass is 16.5. The molecule has 9 heteroatoms. The molecule has 2 aliphatic rings. The smallest absolute Gasteiger partial charge is 0.321 e. The lowest BCUT2D eigenvalue weighted by atomic mass is 9.81. The van der Waals surface area contributed by atoms with E-state index in [1.54, 1.807) is 7.11 Å². The summed E-state index contributed by atoms with van der Waals surface area (Å²) >= 11 is 0. The maximum Gasteiger partial charge on any atom is 0.321 e. The van der Waals surface area contributed by atoms with Crippen molar-refractivity contribution in [3.05, 3.63) is 48.7 Å². The van der Waals surface area contributed by atoms with E-state index in [1.807, 2.05) is 53.6 Å². The fourth-order valence-corrected chi connectivity index (χ4v) is 5.12. The molecular formula is C26H35N5O4. The highest BCUT2D eigenvalue weighted by Gasteiger charge is 2.33. The average Bonchev–Trinajstić information content (AvgIpc) is 2.89. The number of aromatic nitrogens is 1. The number of anilines is 2. The van der Waals surface area contributed by atoms with Crippen molar-refractivity contribution in [2.45, 2.75) is 19.3 Å². The number of nitrogens with zero attached hydrogens (tertiary/aromatic N) is 4. The number of aliphatic carboxylic acids is 1. The molecule has 1 aromatic carbocycles. The van der Waals surface area contributed by atoms with Gasteiger partial charge >= 0.3 is 12.0 Å². The Morgan fingerprint density at radius 1 is 1.06 bits per heavy atom. The second-order valence-electron chi connectivity index (χ2n) is 9.29. The second kappa shape index (κ2) is 11.9. The van der Waals surface area contributed by atoms with Crippen LogP contribution in [0.3, 0.4) is 0 Å². The number of carboxylic acid groups (broad SMARTS) is 1. The SMILES string of the molecule is COc1ccccc1NC(=O)N1CCC(CC(=O)O)C(CCN2CCN(c3ccccn3)CC2)C1. The number of carbonyl (C=O) groups is 2. The van der Waals surface area contributed by atoms with Gasteiger partial charge in [0.15, 0.2) is 0 Å². The van der Waals surface area contributed by atoms with Crippen molar-refractivity contribution in [2.75, 3.05) is 63.1 Å². The van der Waals surface area contributed by atoms with Crippen molar-refractivity contribution in [1.29, 1.82) is 0 Å². The molecule has 0 bridgehead atoms. The maximum atomic E-state index is 13.0. The number of benzene rings is 1. The number of methoxy groups -OCH3 is 1. The Hall–Kier alpha value is -3.33. The van der Waals surface area contributed by atoms with Crippen LogP contribution in [0, 0.1) is 11.8 Å². The zero-order valence-electron chi connectivity index (χ0n) is 20.3. The van der Waals surface area contributed by atoms with E-state index in [2.05, 4.69) is 20.1 Å². The summed E-state index contributed by atoms with van der Waals surface area (Å²) in [6, 6.07) is 13.1. The number of hydrogen-bond acceptors (Lipinski definition) is 6. The third kappa shape index (κ3) is 6.63. The fourth-order valence-electron chi connectivity index (χ4n) is 5.12. The molecule has 2 fully saturated rings. The normalized spacial score (nSPS) is 20.9. The molecule has 2 unspecified atom stereocenters. The van der Waals surface area contributed by atoms with Crippen LogP contribution >= 0.6 is 0 Å². The number of para-hydroxylation sites is 2. The minimum atomic E-state index is -0.768. The van der Waals surface area contributed by atoms with E-state index in [1.165, 1.54) is 0 Å². The Labute approximate surface area is 206 Å². The number of pyridine rings is 1. The number of carbonyl (C=O) groups excluding carboxylic acids is 1. The summed E-state index contributed by atoms with van der Waals surface area (Å²) in [6.07, 6.45) is 3.55. The van der Waals surface area contributed by atoms with Crippen LogP contribution in [0.4, 0.5) is 16.3 Å². The van der Waals surface area contributed by atoms with Gasteiger partial charge in [0.1, 0.15) is 11.6 Å². The zero-order valence-corrected chi connectivity index (χ0v) is 20.3. The van der Waals surface area contributed by atoms with Gasteiger partial charge in [-0.1, -0.05) is 18.2 Å². The lowest BCUT2D eigenvalue weighted by molar-refractivity contribution is -0.139. The summed E-state index contributed by atoms with van der Waals surface area (Å²) in [5, 5.41) is 12.4. The van der Waals surface area contributed by atoms with Crippen LogP contribution in [0.15, 0.2) is 48.7 Å². The van der Waals surface area contributed by atoms with Crippen molar-refractivity contribution < 1.29 is 19.4 Å². The number of carboxylic acids is 1. The number of urea groups is 1. The number of piperidine rings is 1. The topological polar surface area (TPSA) is 98.2 Å². The van der Waals surface area contributed by atoms with Crippen LogP contribution in [0.1, 0.15) is 19.3 Å². The van der Waals surface area contributed by atoms with Crippen LogP contribution < -0.4 is 15.0 Å². The molecule has 0 radical (unpaired) electrons. The summed E-state index contributed by atoms with van der Waals surface area (Å²) in [6.45, 7) is 5.76. The minimum Gasteiger partial charge on any atom is -0.495 e. The molecule has 9 nitrogen and oxygen atoms in total. The lowest BCUT2D eigenvalue weighted by Crippen LogP contribution is -2.49. The Morgan fingerprint density at radius 3 is 2.54 bits per heavy atom. The third-order valence-corrected chi connectivity index (χ3v) is 7.13. The van der Waals surface area contributed by atoms with E-state index < -0.39 is 5.97 Å². The molecule has 0 saturated carbocycles. The molecule has 188 valence electrons. The second-order valence-corrected chi connectivity index (χ2v) is 9.29. The maximum absolute atomic E-state index is 13.0. The van der Waals surface area contributed by atoms with E-state index in [9.17, 15) is 14.7 Å². The van der Waals surface area contributed by atoms with E-state index in [-0.39, 0.29) is 24.3 Å². The number of piperazine rings is 1. The van der Waals surface area contributed by atoms with Gasteiger partial charge in [0, 0.05) is 51.9 Å². The Bertz CT molecular complexity index is 981. The number of rotatable bonds is 8. The Kier molecular flexibility index (Phi) is 8.41. The molecule has 4 rings (SSSR count). The molecule has 3 heterocycles. The van der Waals surface area contributed by atoms with Crippen LogP contribution in [-0.2, 0) is 4.79 Å². The van der Waals surface area contributed by atoms with Crippen molar-refractivity contribution in [3.8, 4) is 5.75 Å². The molecular weight excluding hydrogens is 446 g/mol. The standard InChI is InChI=1S/C26H35N5O4/c1-35-23-7-3-2-6-22(23)28-26(34)31-13-10-20(18-25(32)33)21(19-31)9-12-29-14-16-30(17-15-29)24-8-4-5-11-27-24/h2-8,11,20-21H,9-10,12-19H2,1H3,(H,28,34)(H,32,33). The predicted octanol–water partition coefficient (Wildman–Crippen LogP) is 3.25. The number of hydrogen-bond donors (Lipinski definition) is 2. The van der Waals surface area contributed by atoms with Gasteiger partial charge in [0.25, 0.3) is 0 Å². The number of nitrogens with one attached hydrogen (secondary N) is 1. The zero-order chi connectivity index (χ0) is 24.6. The van der Waals surface area contributed by atoms with E-state index in [0.717, 1.165) is 45.0 Å². The predicted molar refractivity (Wildman–Crippen MR) is 135 cm³/mol. The van der Waals surface area contributed by atoms with Crippen molar-refractivity contribution in [2.24, 2.45) is 11.8 Å². The van der Waals surface area contributed by atoms with Crippen LogP contribution in [-0.4, -0.2) is 84.8 Å². The number of amides is 2. The van der Waals surface area contributed by atoms with Gasteiger partial charge in [-0.15, -0.1) is 0 Å². The van der Waals surface area contributed by atoms with Crippen molar-refractivity contribution >= 4 is 23.5 Å². The summed E-state index contributed by atoms with van der Waals surface area (Å²) in [7, 11) is 1.58. The highest BCUT2D eigenvalue weighted by Crippen LogP contribution is 2.31. The van der Waals surface area contributed by atoms with Gasteiger partial charge in [-0.05, 0) is 55.5 Å². The molecule has 2 saturated heterocycles. The first-order valence-corrected chi connectivity index (χ1v) is 12.3. The summed E-state index contributed by atoms with van der Waals surface area (Å²) < 4.78 is 5.35. The molecule has 0 spiro atoms. The first kappa shape index (κ1) is 24.8. The average molecular weight is 482 g/mol. The van der Waals surface area contributed by atoms with Gasteiger partial charge in [-0.3, -0.25) is 9.69 Å². The molecule has 2 amide bonds. The quantitative estimate of drug-likeness (QED) is 0.597. The Balaban J connectivity index is 1.32. The Morgan fingerprint density at radius 2 is 1.83 bits per heavy atom. The highest BCUT2D eigenvalue weighted by molar-refractivity contribution is 5.91. The van der Waals surface area contributed by atoms with Gasteiger partial charge in [0.05, 0.1) is 12.8 Å². The van der Waals surface area contributed by atoms with Gasteiger partial charge < -0.3 is 25.0 Å². The summed E-state index contributed by atoms with van der Waals surface area (Å²) in [5.41, 5.74) is 0.634. The minimum absolute atomic E-state index is 0.0811. The molecule has 0 aliphatic carbocycles. The monoisotopic (exact) mass is 481 g/mol. The van der Waals surface area contributed by atoms with E-state index in [4.69, 9.17) is 4.74 Å². The third-order valence-electron chi connectivity index (χ3n) is 7.13. The summed E-state index contributed by atoms with van der Waals surface area (Å²) in [5.74, 6) is 1.09. The fraction of sp³-hybridized carbons (Fsp3) is 0.500. The lowest BCUT2D eigenvalue weighted by Gasteiger charge is -2.40. The van der Waals surface area contributed by atoms with Crippen LogP contribution in [0.5, 0.6) is 5.75 Å². The largest absolute Gasteiger partial charge is 0.495 e. The van der Waals surface area contributed by atoms with Crippen LogP contribution in [0.2, 0.25) is 0 Å². The van der Waals surface area contributed by atoms with E-state index in [0.29, 0.717) is 30.9 Å². The first-order valence-electron chi connectivity index (χ1n) is 12.3. The van der Waals surface area contributed by atoms with Gasteiger partial charge in [-0.25, -0.2) is 9.78 Å². The van der Waals surface area contributed by atoms with Crippen molar-refractivity contribution in [1.82, 2.24) is 14.8 Å². The number of ether oxygens (including phenoxy) is 1. The summed E-state index contributed by atoms with van der Waals surface area (Å²) in [4.78, 5) is 35.5. The molecule has 2 atom stereocenters. The molecule has 2 N–H and O–H groups in total. The van der Waals surface area contributed by atoms with E-state index >= 15 is 0 Å². The van der Waals surface area contributed by atoms with Crippen molar-refractivity contribution in [3.63, 3.8) is 0 Å². The number of likely N-dealkylation sites (tertiary alicyclic amines) is 1. The molecule has 2 aliphatic heterocycles. The first-order chi connectivity index (χ1) is 17.0. The molecule has 2 aromatic rings. The molecule has 35 heavy (non-hydrogen) atoms. The van der Waals surface area contributed by atoms with Gasteiger partial charge in [-0.2, -0.15) is 0 Å². The van der Waals surface area contributed by atoms with Gasteiger partial charge in [0.2, 0.25) is 0 Å². The van der Waals surface area contributed by atoms with Crippen LogP contribution in [0.25, 0.3) is 0 Å².